The van der Waals surface area contributed by atoms with Crippen molar-refractivity contribution in [2.24, 2.45) is 0 Å². The normalized spacial score (nSPS) is 10.6. The molecule has 6 heteroatoms. The standard InChI is InChI=1S/C17H19N3O3/c1-12-8-14(20-11-19-12)10-18-17(21)7-5-13-4-6-15(22-2)16(9-13)23-3/h4-9,11H,10H2,1-3H3,(H,18,21)/b7-5+. The second-order valence-corrected chi connectivity index (χ2v) is 4.82. The van der Waals surface area contributed by atoms with Crippen molar-refractivity contribution in [1.82, 2.24) is 15.3 Å². The van der Waals surface area contributed by atoms with Crippen LogP contribution in [0.2, 0.25) is 0 Å². The summed E-state index contributed by atoms with van der Waals surface area (Å²) in [6, 6.07) is 7.27. The van der Waals surface area contributed by atoms with E-state index in [0.29, 0.717) is 18.0 Å². The molecule has 1 heterocycles. The fourth-order valence-corrected chi connectivity index (χ4v) is 1.97. The molecule has 0 atom stereocenters. The van der Waals surface area contributed by atoms with Crippen LogP contribution in [0.1, 0.15) is 17.0 Å². The molecule has 1 aromatic carbocycles. The van der Waals surface area contributed by atoms with Crippen LogP contribution in [0.3, 0.4) is 0 Å². The number of methoxy groups -OCH3 is 2. The van der Waals surface area contributed by atoms with Gasteiger partial charge in [0.1, 0.15) is 6.33 Å². The van der Waals surface area contributed by atoms with E-state index in [0.717, 1.165) is 17.0 Å². The smallest absolute Gasteiger partial charge is 0.244 e. The van der Waals surface area contributed by atoms with Crippen molar-refractivity contribution in [3.05, 3.63) is 53.6 Å². The molecule has 120 valence electrons. The third kappa shape index (κ3) is 4.81. The van der Waals surface area contributed by atoms with Crippen molar-refractivity contribution >= 4 is 12.0 Å². The second kappa shape index (κ2) is 7.93. The molecule has 0 saturated carbocycles. The van der Waals surface area contributed by atoms with Crippen LogP contribution in [0.15, 0.2) is 36.7 Å². The predicted molar refractivity (Wildman–Crippen MR) is 87.2 cm³/mol. The minimum Gasteiger partial charge on any atom is -0.493 e. The summed E-state index contributed by atoms with van der Waals surface area (Å²) in [5.41, 5.74) is 2.48. The fraction of sp³-hybridized carbons (Fsp3) is 0.235. The molecule has 0 saturated heterocycles. The molecule has 0 bridgehead atoms. The third-order valence-electron chi connectivity index (χ3n) is 3.14. The minimum atomic E-state index is -0.198. The van der Waals surface area contributed by atoms with Gasteiger partial charge < -0.3 is 14.8 Å². The van der Waals surface area contributed by atoms with Crippen LogP contribution >= 0.6 is 0 Å². The number of aromatic nitrogens is 2. The van der Waals surface area contributed by atoms with E-state index in [9.17, 15) is 4.79 Å². The molecule has 0 radical (unpaired) electrons. The van der Waals surface area contributed by atoms with Gasteiger partial charge in [-0.15, -0.1) is 0 Å². The van der Waals surface area contributed by atoms with E-state index in [2.05, 4.69) is 15.3 Å². The summed E-state index contributed by atoms with van der Waals surface area (Å²) >= 11 is 0. The van der Waals surface area contributed by atoms with Crippen molar-refractivity contribution < 1.29 is 14.3 Å². The Balaban J connectivity index is 1.95. The number of carbonyl (C=O) groups excluding carboxylic acids is 1. The summed E-state index contributed by atoms with van der Waals surface area (Å²) in [7, 11) is 3.15. The highest BCUT2D eigenvalue weighted by atomic mass is 16.5. The molecule has 2 aromatic rings. The minimum absolute atomic E-state index is 0.198. The maximum Gasteiger partial charge on any atom is 0.244 e. The van der Waals surface area contributed by atoms with Crippen molar-refractivity contribution in [1.29, 1.82) is 0 Å². The Bertz CT molecular complexity index is 714. The lowest BCUT2D eigenvalue weighted by molar-refractivity contribution is -0.116. The molecule has 1 aromatic heterocycles. The predicted octanol–water partition coefficient (Wildman–Crippen LogP) is 2.13. The zero-order valence-electron chi connectivity index (χ0n) is 13.4. The first-order chi connectivity index (χ1) is 11.1. The molecule has 1 N–H and O–H groups in total. The first kappa shape index (κ1) is 16.5. The Kier molecular flexibility index (Phi) is 5.68. The Labute approximate surface area is 135 Å². The number of nitrogens with one attached hydrogen (secondary N) is 1. The first-order valence-electron chi connectivity index (χ1n) is 7.08. The van der Waals surface area contributed by atoms with E-state index < -0.39 is 0 Å². The lowest BCUT2D eigenvalue weighted by Gasteiger charge is -2.07. The largest absolute Gasteiger partial charge is 0.493 e. The topological polar surface area (TPSA) is 73.3 Å². The van der Waals surface area contributed by atoms with Gasteiger partial charge in [-0.2, -0.15) is 0 Å². The van der Waals surface area contributed by atoms with E-state index in [1.165, 1.54) is 12.4 Å². The molecule has 2 rings (SSSR count). The maximum atomic E-state index is 11.9. The quantitative estimate of drug-likeness (QED) is 0.827. The molecule has 0 aliphatic carbocycles. The highest BCUT2D eigenvalue weighted by molar-refractivity contribution is 5.91. The number of hydrogen-bond donors (Lipinski definition) is 1. The highest BCUT2D eigenvalue weighted by Gasteiger charge is 2.03. The van der Waals surface area contributed by atoms with Gasteiger partial charge in [-0.25, -0.2) is 9.97 Å². The van der Waals surface area contributed by atoms with Gasteiger partial charge in [-0.05, 0) is 36.8 Å². The zero-order chi connectivity index (χ0) is 16.7. The molecule has 0 aliphatic heterocycles. The maximum absolute atomic E-state index is 11.9. The summed E-state index contributed by atoms with van der Waals surface area (Å²) in [6.07, 6.45) is 4.66. The van der Waals surface area contributed by atoms with Gasteiger partial charge in [0.2, 0.25) is 5.91 Å². The van der Waals surface area contributed by atoms with E-state index in [1.807, 2.05) is 19.1 Å². The van der Waals surface area contributed by atoms with Crippen LogP contribution in [0.5, 0.6) is 11.5 Å². The van der Waals surface area contributed by atoms with Crippen LogP contribution in [0.4, 0.5) is 0 Å². The molecule has 0 fully saturated rings. The number of hydrogen-bond acceptors (Lipinski definition) is 5. The van der Waals surface area contributed by atoms with E-state index >= 15 is 0 Å². The Hall–Kier alpha value is -2.89. The number of carbonyl (C=O) groups is 1. The number of rotatable bonds is 6. The summed E-state index contributed by atoms with van der Waals surface area (Å²) < 4.78 is 10.4. The number of benzene rings is 1. The molecular weight excluding hydrogens is 294 g/mol. The van der Waals surface area contributed by atoms with Crippen LogP contribution in [0.25, 0.3) is 6.08 Å². The van der Waals surface area contributed by atoms with Gasteiger partial charge in [0.05, 0.1) is 26.5 Å². The van der Waals surface area contributed by atoms with Gasteiger partial charge in [0, 0.05) is 11.8 Å². The number of nitrogens with zero attached hydrogens (tertiary/aromatic N) is 2. The Morgan fingerprint density at radius 2 is 1.96 bits per heavy atom. The van der Waals surface area contributed by atoms with E-state index in [1.54, 1.807) is 32.4 Å². The van der Waals surface area contributed by atoms with Crippen molar-refractivity contribution in [3.8, 4) is 11.5 Å². The van der Waals surface area contributed by atoms with Gasteiger partial charge in [-0.1, -0.05) is 6.07 Å². The van der Waals surface area contributed by atoms with Crippen LogP contribution in [0, 0.1) is 6.92 Å². The third-order valence-corrected chi connectivity index (χ3v) is 3.14. The number of ether oxygens (including phenoxy) is 2. The van der Waals surface area contributed by atoms with Gasteiger partial charge in [-0.3, -0.25) is 4.79 Å². The lowest BCUT2D eigenvalue weighted by Crippen LogP contribution is -2.21. The number of aryl methyl sites for hydroxylation is 1. The zero-order valence-corrected chi connectivity index (χ0v) is 13.4. The summed E-state index contributed by atoms with van der Waals surface area (Å²) in [5.74, 6) is 1.07. The van der Waals surface area contributed by atoms with Crippen LogP contribution in [-0.2, 0) is 11.3 Å². The summed E-state index contributed by atoms with van der Waals surface area (Å²) in [6.45, 7) is 2.24. The molecule has 1 amide bonds. The van der Waals surface area contributed by atoms with Crippen LogP contribution in [-0.4, -0.2) is 30.1 Å². The molecule has 0 unspecified atom stereocenters. The molecular formula is C17H19N3O3. The fourth-order valence-electron chi connectivity index (χ4n) is 1.97. The molecule has 0 aliphatic rings. The van der Waals surface area contributed by atoms with Crippen LogP contribution < -0.4 is 14.8 Å². The molecule has 0 spiro atoms. The van der Waals surface area contributed by atoms with Crippen molar-refractivity contribution in [2.45, 2.75) is 13.5 Å². The summed E-state index contributed by atoms with van der Waals surface area (Å²) in [5, 5.41) is 2.78. The monoisotopic (exact) mass is 313 g/mol. The Morgan fingerprint density at radius 3 is 2.65 bits per heavy atom. The summed E-state index contributed by atoms with van der Waals surface area (Å²) in [4.78, 5) is 20.0. The molecule has 23 heavy (non-hydrogen) atoms. The lowest BCUT2D eigenvalue weighted by atomic mass is 10.2. The average Bonchev–Trinajstić information content (AvgIpc) is 2.57. The number of amides is 1. The first-order valence-corrected chi connectivity index (χ1v) is 7.08. The molecule has 6 nitrogen and oxygen atoms in total. The van der Waals surface area contributed by atoms with Gasteiger partial charge in [0.15, 0.2) is 11.5 Å². The van der Waals surface area contributed by atoms with Gasteiger partial charge in [0.25, 0.3) is 0 Å². The van der Waals surface area contributed by atoms with Crippen molar-refractivity contribution in [3.63, 3.8) is 0 Å². The van der Waals surface area contributed by atoms with E-state index in [-0.39, 0.29) is 5.91 Å². The average molecular weight is 313 g/mol. The SMILES string of the molecule is COc1ccc(/C=C/C(=O)NCc2cc(C)ncn2)cc1OC. The highest BCUT2D eigenvalue weighted by Crippen LogP contribution is 2.27. The second-order valence-electron chi connectivity index (χ2n) is 4.82. The van der Waals surface area contributed by atoms with Crippen molar-refractivity contribution in [2.75, 3.05) is 14.2 Å². The van der Waals surface area contributed by atoms with Gasteiger partial charge >= 0.3 is 0 Å². The van der Waals surface area contributed by atoms with E-state index in [4.69, 9.17) is 9.47 Å². The Morgan fingerprint density at radius 1 is 1.17 bits per heavy atom.